The maximum Gasteiger partial charge on any atom is 0.183 e. The van der Waals surface area contributed by atoms with Gasteiger partial charge in [-0.1, -0.05) is 19.3 Å². The van der Waals surface area contributed by atoms with Crippen LogP contribution in [0.3, 0.4) is 0 Å². The van der Waals surface area contributed by atoms with E-state index >= 15 is 0 Å². The summed E-state index contributed by atoms with van der Waals surface area (Å²) in [5, 5.41) is 8.02. The van der Waals surface area contributed by atoms with Gasteiger partial charge in [0.25, 0.3) is 0 Å². The summed E-state index contributed by atoms with van der Waals surface area (Å²) in [7, 11) is 0. The van der Waals surface area contributed by atoms with Crippen molar-refractivity contribution in [3.8, 4) is 22.5 Å². The minimum absolute atomic E-state index is 0.429. The minimum atomic E-state index is -0.832. The first kappa shape index (κ1) is 24.4. The highest BCUT2D eigenvalue weighted by Gasteiger charge is 2.27. The van der Waals surface area contributed by atoms with Crippen molar-refractivity contribution in [1.82, 2.24) is 9.97 Å². The molecule has 2 aromatic heterocycles. The quantitative estimate of drug-likeness (QED) is 0.251. The van der Waals surface area contributed by atoms with Crippen molar-refractivity contribution < 1.29 is 8.78 Å². The Balaban J connectivity index is 1.26. The van der Waals surface area contributed by atoms with Gasteiger partial charge in [0.05, 0.1) is 16.4 Å². The first-order valence-electron chi connectivity index (χ1n) is 13.9. The standard InChI is InChI=1S/C31H31F2N3S2/c32-25-12-11-20(15-26(25)33)29-28(38-31(36-29)34-23-6-2-1-3-7-23)16-21-14-22(13-19-5-4-8-24(19)21)27-17-37-30(35-27)18-9-10-18/h11-15,17-18,23H,1-10,16H2,(H,34,36). The molecule has 3 aliphatic carbocycles. The number of benzene rings is 2. The number of halogens is 2. The van der Waals surface area contributed by atoms with Crippen LogP contribution in [0.5, 0.6) is 0 Å². The zero-order valence-corrected chi connectivity index (χ0v) is 23.0. The van der Waals surface area contributed by atoms with Crippen molar-refractivity contribution in [2.45, 2.75) is 82.6 Å². The number of nitrogens with one attached hydrogen (secondary N) is 1. The lowest BCUT2D eigenvalue weighted by Gasteiger charge is -2.22. The zero-order chi connectivity index (χ0) is 25.6. The van der Waals surface area contributed by atoms with Gasteiger partial charge in [-0.05, 0) is 92.0 Å². The first-order chi connectivity index (χ1) is 18.6. The SMILES string of the molecule is Fc1ccc(-c2nc(NC3CCCCC3)sc2Cc2cc(-c3csc(C4CC4)n3)cc3c2CCC3)cc1F. The first-order valence-corrected chi connectivity index (χ1v) is 15.6. The van der Waals surface area contributed by atoms with Crippen LogP contribution in [0, 0.1) is 11.6 Å². The predicted molar refractivity (Wildman–Crippen MR) is 152 cm³/mol. The van der Waals surface area contributed by atoms with Gasteiger partial charge in [-0.2, -0.15) is 0 Å². The van der Waals surface area contributed by atoms with Gasteiger partial charge in [-0.3, -0.25) is 0 Å². The molecule has 0 aliphatic heterocycles. The summed E-state index contributed by atoms with van der Waals surface area (Å²) in [6.07, 6.45) is 12.7. The van der Waals surface area contributed by atoms with Crippen LogP contribution in [-0.4, -0.2) is 16.0 Å². The molecule has 0 bridgehead atoms. The van der Waals surface area contributed by atoms with Gasteiger partial charge in [0.1, 0.15) is 0 Å². The van der Waals surface area contributed by atoms with E-state index in [4.69, 9.17) is 9.97 Å². The van der Waals surface area contributed by atoms with Crippen molar-refractivity contribution in [1.29, 1.82) is 0 Å². The molecule has 0 atom stereocenters. The van der Waals surface area contributed by atoms with Crippen LogP contribution in [0.25, 0.3) is 22.5 Å². The Kier molecular flexibility index (Phi) is 6.52. The molecule has 2 fully saturated rings. The second-order valence-electron chi connectivity index (χ2n) is 11.0. The zero-order valence-electron chi connectivity index (χ0n) is 21.4. The molecular formula is C31H31F2N3S2. The van der Waals surface area contributed by atoms with Crippen LogP contribution < -0.4 is 5.32 Å². The highest BCUT2D eigenvalue weighted by atomic mass is 32.1. The maximum atomic E-state index is 14.3. The molecule has 3 nitrogen and oxygen atoms in total. The second kappa shape index (κ2) is 10.2. The molecule has 7 heteroatoms. The number of hydrogen-bond donors (Lipinski definition) is 1. The summed E-state index contributed by atoms with van der Waals surface area (Å²) in [5.41, 5.74) is 7.85. The Hall–Kier alpha value is -2.64. The smallest absolute Gasteiger partial charge is 0.183 e. The van der Waals surface area contributed by atoms with Gasteiger partial charge in [-0.15, -0.1) is 22.7 Å². The fraction of sp³-hybridized carbons (Fsp3) is 0.419. The molecule has 3 aliphatic rings. The fourth-order valence-corrected chi connectivity index (χ4v) is 8.12. The lowest BCUT2D eigenvalue weighted by atomic mass is 9.95. The number of thiazole rings is 2. The summed E-state index contributed by atoms with van der Waals surface area (Å²) in [4.78, 5) is 11.0. The molecule has 38 heavy (non-hydrogen) atoms. The Labute approximate surface area is 230 Å². The number of hydrogen-bond acceptors (Lipinski definition) is 5. The molecule has 1 N–H and O–H groups in total. The van der Waals surface area contributed by atoms with Crippen LogP contribution in [0.4, 0.5) is 13.9 Å². The average Bonchev–Trinajstić information content (AvgIpc) is 3.29. The third-order valence-corrected chi connectivity index (χ3v) is 10.2. The molecule has 4 aromatic rings. The van der Waals surface area contributed by atoms with Crippen molar-refractivity contribution in [2.75, 3.05) is 5.32 Å². The van der Waals surface area contributed by atoms with Crippen LogP contribution in [0.15, 0.2) is 35.7 Å². The maximum absolute atomic E-state index is 14.3. The van der Waals surface area contributed by atoms with E-state index in [1.807, 2.05) is 0 Å². The normalized spacial score (nSPS) is 17.6. The minimum Gasteiger partial charge on any atom is -0.359 e. The summed E-state index contributed by atoms with van der Waals surface area (Å²) in [5.74, 6) is -1.000. The van der Waals surface area contributed by atoms with E-state index in [0.29, 0.717) is 17.5 Å². The van der Waals surface area contributed by atoms with Crippen LogP contribution >= 0.6 is 22.7 Å². The monoisotopic (exact) mass is 547 g/mol. The Morgan fingerprint density at radius 1 is 0.868 bits per heavy atom. The number of fused-ring (bicyclic) bond motifs is 1. The van der Waals surface area contributed by atoms with Gasteiger partial charge < -0.3 is 5.32 Å². The predicted octanol–water partition coefficient (Wildman–Crippen LogP) is 8.91. The number of anilines is 1. The van der Waals surface area contributed by atoms with Crippen molar-refractivity contribution in [2.24, 2.45) is 0 Å². The number of nitrogens with zero attached hydrogens (tertiary/aromatic N) is 2. The lowest BCUT2D eigenvalue weighted by Crippen LogP contribution is -2.21. The number of rotatable bonds is 7. The molecule has 0 radical (unpaired) electrons. The van der Waals surface area contributed by atoms with E-state index in [9.17, 15) is 8.78 Å². The molecule has 196 valence electrons. The van der Waals surface area contributed by atoms with Gasteiger partial charge in [0, 0.05) is 39.8 Å². The highest BCUT2D eigenvalue weighted by molar-refractivity contribution is 7.16. The van der Waals surface area contributed by atoms with Crippen LogP contribution in [0.1, 0.15) is 83.9 Å². The summed E-state index contributed by atoms with van der Waals surface area (Å²) in [6, 6.07) is 9.23. The fourth-order valence-electron chi connectivity index (χ4n) is 6.04. The summed E-state index contributed by atoms with van der Waals surface area (Å²) >= 11 is 3.45. The van der Waals surface area contributed by atoms with E-state index in [1.54, 1.807) is 28.7 Å². The van der Waals surface area contributed by atoms with Crippen molar-refractivity contribution >= 4 is 27.8 Å². The Morgan fingerprint density at radius 3 is 2.55 bits per heavy atom. The van der Waals surface area contributed by atoms with Gasteiger partial charge in [-0.25, -0.2) is 18.7 Å². The second-order valence-corrected chi connectivity index (χ2v) is 13.0. The number of aryl methyl sites for hydroxylation is 1. The molecule has 0 amide bonds. The molecule has 7 rings (SSSR count). The van der Waals surface area contributed by atoms with E-state index in [1.165, 1.54) is 77.9 Å². The van der Waals surface area contributed by atoms with Gasteiger partial charge >= 0.3 is 0 Å². The molecule has 2 aromatic carbocycles. The van der Waals surface area contributed by atoms with E-state index in [2.05, 4.69) is 22.8 Å². The highest BCUT2D eigenvalue weighted by Crippen LogP contribution is 2.43. The van der Waals surface area contributed by atoms with Crippen LogP contribution in [0.2, 0.25) is 0 Å². The topological polar surface area (TPSA) is 37.8 Å². The summed E-state index contributed by atoms with van der Waals surface area (Å²) < 4.78 is 28.0. The lowest BCUT2D eigenvalue weighted by molar-refractivity contribution is 0.462. The van der Waals surface area contributed by atoms with Crippen LogP contribution in [-0.2, 0) is 19.3 Å². The van der Waals surface area contributed by atoms with E-state index in [-0.39, 0.29) is 0 Å². The summed E-state index contributed by atoms with van der Waals surface area (Å²) in [6.45, 7) is 0. The Morgan fingerprint density at radius 2 is 1.74 bits per heavy atom. The molecule has 0 saturated heterocycles. The number of aromatic nitrogens is 2. The average molecular weight is 548 g/mol. The van der Waals surface area contributed by atoms with E-state index < -0.39 is 11.6 Å². The largest absolute Gasteiger partial charge is 0.359 e. The van der Waals surface area contributed by atoms with Gasteiger partial charge in [0.15, 0.2) is 16.8 Å². The molecule has 0 unspecified atom stereocenters. The Bertz CT molecular complexity index is 1480. The molecular weight excluding hydrogens is 516 g/mol. The van der Waals surface area contributed by atoms with Gasteiger partial charge in [0.2, 0.25) is 0 Å². The third-order valence-electron chi connectivity index (χ3n) is 8.23. The van der Waals surface area contributed by atoms with Crippen molar-refractivity contribution in [3.05, 3.63) is 73.9 Å². The van der Waals surface area contributed by atoms with E-state index in [0.717, 1.165) is 53.5 Å². The molecule has 2 heterocycles. The molecule has 2 saturated carbocycles. The van der Waals surface area contributed by atoms with Crippen molar-refractivity contribution in [3.63, 3.8) is 0 Å². The third kappa shape index (κ3) is 4.91. The molecule has 0 spiro atoms.